The molecule has 0 bridgehead atoms. The molecular weight excluding hydrogens is 178 g/mol. The second kappa shape index (κ2) is 5.50. The van der Waals surface area contributed by atoms with Crippen LogP contribution in [0.2, 0.25) is 0 Å². The van der Waals surface area contributed by atoms with Gasteiger partial charge >= 0.3 is 0 Å². The van der Waals surface area contributed by atoms with Crippen molar-refractivity contribution in [2.75, 3.05) is 39.3 Å². The van der Waals surface area contributed by atoms with E-state index in [1.54, 1.807) is 14.2 Å². The maximum absolute atomic E-state index is 5.26. The standard InChI is InChI=1S/C11H17NO2/c1-12(8-9-13-2)10-6-4-5-7-11(10)14-3/h4-7H,8-9H2,1-3H3. The van der Waals surface area contributed by atoms with Crippen molar-refractivity contribution in [1.82, 2.24) is 0 Å². The minimum atomic E-state index is 0.717. The third-order valence-electron chi connectivity index (χ3n) is 2.13. The smallest absolute Gasteiger partial charge is 0.142 e. The quantitative estimate of drug-likeness (QED) is 0.714. The zero-order valence-corrected chi connectivity index (χ0v) is 8.99. The molecule has 0 amide bonds. The summed E-state index contributed by atoms with van der Waals surface area (Å²) in [6.07, 6.45) is 0. The molecule has 3 nitrogen and oxygen atoms in total. The Morgan fingerprint density at radius 2 is 1.93 bits per heavy atom. The van der Waals surface area contributed by atoms with Crippen LogP contribution in [0.1, 0.15) is 0 Å². The largest absolute Gasteiger partial charge is 0.495 e. The Bertz CT molecular complexity index is 276. The monoisotopic (exact) mass is 195 g/mol. The summed E-state index contributed by atoms with van der Waals surface area (Å²) in [5, 5.41) is 0. The molecule has 78 valence electrons. The molecule has 1 aromatic rings. The van der Waals surface area contributed by atoms with E-state index in [2.05, 4.69) is 4.90 Å². The normalized spacial score (nSPS) is 9.93. The Hall–Kier alpha value is -1.22. The van der Waals surface area contributed by atoms with Crippen molar-refractivity contribution in [2.24, 2.45) is 0 Å². The lowest BCUT2D eigenvalue weighted by Gasteiger charge is -2.20. The van der Waals surface area contributed by atoms with E-state index in [0.717, 1.165) is 18.0 Å². The highest BCUT2D eigenvalue weighted by Crippen LogP contribution is 2.25. The van der Waals surface area contributed by atoms with Gasteiger partial charge in [-0.15, -0.1) is 0 Å². The minimum absolute atomic E-state index is 0.717. The van der Waals surface area contributed by atoms with Gasteiger partial charge in [0.05, 0.1) is 19.4 Å². The molecule has 0 fully saturated rings. The van der Waals surface area contributed by atoms with Crippen molar-refractivity contribution < 1.29 is 9.47 Å². The molecule has 0 unspecified atom stereocenters. The molecule has 0 aliphatic heterocycles. The molecule has 1 rings (SSSR count). The van der Waals surface area contributed by atoms with E-state index in [1.165, 1.54) is 0 Å². The van der Waals surface area contributed by atoms with E-state index < -0.39 is 0 Å². The predicted octanol–water partition coefficient (Wildman–Crippen LogP) is 1.78. The van der Waals surface area contributed by atoms with Gasteiger partial charge in [-0.2, -0.15) is 0 Å². The fourth-order valence-electron chi connectivity index (χ4n) is 1.29. The Kier molecular flexibility index (Phi) is 4.26. The summed E-state index contributed by atoms with van der Waals surface area (Å²) in [6, 6.07) is 7.96. The van der Waals surface area contributed by atoms with Gasteiger partial charge in [0.25, 0.3) is 0 Å². The van der Waals surface area contributed by atoms with Crippen molar-refractivity contribution in [3.8, 4) is 5.75 Å². The maximum atomic E-state index is 5.26. The van der Waals surface area contributed by atoms with Crippen LogP contribution in [0.25, 0.3) is 0 Å². The molecule has 0 saturated heterocycles. The van der Waals surface area contributed by atoms with Crippen molar-refractivity contribution in [1.29, 1.82) is 0 Å². The van der Waals surface area contributed by atoms with Gasteiger partial charge in [0.15, 0.2) is 0 Å². The number of methoxy groups -OCH3 is 2. The topological polar surface area (TPSA) is 21.7 Å². The third kappa shape index (κ3) is 2.64. The molecule has 0 aliphatic carbocycles. The first-order chi connectivity index (χ1) is 6.79. The van der Waals surface area contributed by atoms with Crippen molar-refractivity contribution in [3.05, 3.63) is 24.3 Å². The van der Waals surface area contributed by atoms with Gasteiger partial charge in [-0.05, 0) is 12.1 Å². The average molecular weight is 195 g/mol. The first-order valence-corrected chi connectivity index (χ1v) is 4.62. The van der Waals surface area contributed by atoms with Crippen LogP contribution in [-0.4, -0.2) is 34.4 Å². The number of anilines is 1. The number of nitrogens with zero attached hydrogens (tertiary/aromatic N) is 1. The molecule has 1 aromatic carbocycles. The van der Waals surface area contributed by atoms with E-state index in [4.69, 9.17) is 9.47 Å². The fourth-order valence-corrected chi connectivity index (χ4v) is 1.29. The molecule has 0 saturated carbocycles. The number of hydrogen-bond donors (Lipinski definition) is 0. The summed E-state index contributed by atoms with van der Waals surface area (Å²) in [4.78, 5) is 2.11. The van der Waals surface area contributed by atoms with Crippen LogP contribution in [0.3, 0.4) is 0 Å². The van der Waals surface area contributed by atoms with Crippen LogP contribution in [-0.2, 0) is 4.74 Å². The highest BCUT2D eigenvalue weighted by Gasteiger charge is 2.05. The fraction of sp³-hybridized carbons (Fsp3) is 0.455. The second-order valence-electron chi connectivity index (χ2n) is 3.09. The number of rotatable bonds is 5. The molecule has 0 aromatic heterocycles. The summed E-state index contributed by atoms with van der Waals surface area (Å²) >= 11 is 0. The van der Waals surface area contributed by atoms with Crippen LogP contribution in [0.5, 0.6) is 5.75 Å². The van der Waals surface area contributed by atoms with E-state index in [9.17, 15) is 0 Å². The molecule has 0 aliphatic rings. The van der Waals surface area contributed by atoms with Crippen LogP contribution in [0.15, 0.2) is 24.3 Å². The van der Waals surface area contributed by atoms with Crippen LogP contribution in [0.4, 0.5) is 5.69 Å². The maximum Gasteiger partial charge on any atom is 0.142 e. The average Bonchev–Trinajstić information content (AvgIpc) is 2.25. The molecule has 0 heterocycles. The highest BCUT2D eigenvalue weighted by atomic mass is 16.5. The Morgan fingerprint density at radius 1 is 1.21 bits per heavy atom. The zero-order valence-electron chi connectivity index (χ0n) is 8.99. The molecule has 0 N–H and O–H groups in total. The van der Waals surface area contributed by atoms with Gasteiger partial charge < -0.3 is 14.4 Å². The summed E-state index contributed by atoms with van der Waals surface area (Å²) in [6.45, 7) is 1.57. The summed E-state index contributed by atoms with van der Waals surface area (Å²) in [5.74, 6) is 0.895. The SMILES string of the molecule is COCCN(C)c1ccccc1OC. The lowest BCUT2D eigenvalue weighted by molar-refractivity contribution is 0.206. The van der Waals surface area contributed by atoms with E-state index in [1.807, 2.05) is 31.3 Å². The lowest BCUT2D eigenvalue weighted by Crippen LogP contribution is -2.22. The Balaban J connectivity index is 2.72. The minimum Gasteiger partial charge on any atom is -0.495 e. The van der Waals surface area contributed by atoms with Gasteiger partial charge in [0, 0.05) is 20.7 Å². The number of para-hydroxylation sites is 2. The first kappa shape index (κ1) is 10.9. The van der Waals surface area contributed by atoms with Gasteiger partial charge in [-0.25, -0.2) is 0 Å². The molecule has 14 heavy (non-hydrogen) atoms. The Labute approximate surface area is 85.2 Å². The van der Waals surface area contributed by atoms with Gasteiger partial charge in [-0.1, -0.05) is 12.1 Å². The molecule has 0 radical (unpaired) electrons. The molecule has 0 atom stereocenters. The number of benzene rings is 1. The number of hydrogen-bond acceptors (Lipinski definition) is 3. The second-order valence-corrected chi connectivity index (χ2v) is 3.09. The van der Waals surface area contributed by atoms with Crippen molar-refractivity contribution in [2.45, 2.75) is 0 Å². The third-order valence-corrected chi connectivity index (χ3v) is 2.13. The zero-order chi connectivity index (χ0) is 10.4. The number of likely N-dealkylation sites (N-methyl/N-ethyl adjacent to an activating group) is 1. The molecule has 3 heteroatoms. The van der Waals surface area contributed by atoms with E-state index >= 15 is 0 Å². The van der Waals surface area contributed by atoms with Crippen LogP contribution >= 0.6 is 0 Å². The van der Waals surface area contributed by atoms with Crippen molar-refractivity contribution >= 4 is 5.69 Å². The predicted molar refractivity (Wildman–Crippen MR) is 58.1 cm³/mol. The van der Waals surface area contributed by atoms with E-state index in [-0.39, 0.29) is 0 Å². The summed E-state index contributed by atoms with van der Waals surface area (Å²) in [5.41, 5.74) is 1.09. The molecular formula is C11H17NO2. The Morgan fingerprint density at radius 3 is 2.57 bits per heavy atom. The van der Waals surface area contributed by atoms with Crippen molar-refractivity contribution in [3.63, 3.8) is 0 Å². The number of ether oxygens (including phenoxy) is 2. The lowest BCUT2D eigenvalue weighted by atomic mass is 10.2. The van der Waals surface area contributed by atoms with Gasteiger partial charge in [-0.3, -0.25) is 0 Å². The van der Waals surface area contributed by atoms with Crippen LogP contribution in [0, 0.1) is 0 Å². The van der Waals surface area contributed by atoms with E-state index in [0.29, 0.717) is 6.61 Å². The van der Waals surface area contributed by atoms with Gasteiger partial charge in [0.1, 0.15) is 5.75 Å². The van der Waals surface area contributed by atoms with Crippen LogP contribution < -0.4 is 9.64 Å². The van der Waals surface area contributed by atoms with Gasteiger partial charge in [0.2, 0.25) is 0 Å². The summed E-state index contributed by atoms with van der Waals surface area (Å²) < 4.78 is 10.3. The highest BCUT2D eigenvalue weighted by molar-refractivity contribution is 5.57. The molecule has 0 spiro atoms. The summed E-state index contributed by atoms with van der Waals surface area (Å²) in [7, 11) is 5.41. The first-order valence-electron chi connectivity index (χ1n) is 4.62.